The summed E-state index contributed by atoms with van der Waals surface area (Å²) in [6.07, 6.45) is 5.52. The van der Waals surface area contributed by atoms with Crippen molar-refractivity contribution in [1.29, 1.82) is 0 Å². The lowest BCUT2D eigenvalue weighted by Gasteiger charge is -2.11. The Morgan fingerprint density at radius 3 is 2.27 bits per heavy atom. The molecule has 0 heterocycles. The van der Waals surface area contributed by atoms with E-state index in [1.165, 1.54) is 42.4 Å². The highest BCUT2D eigenvalue weighted by Crippen LogP contribution is 2.41. The molecule has 0 fully saturated rings. The van der Waals surface area contributed by atoms with Crippen LogP contribution in [0.3, 0.4) is 0 Å². The third kappa shape index (κ3) is 6.19. The number of carbonyl (C=O) groups excluding carboxylic acids is 1. The van der Waals surface area contributed by atoms with Gasteiger partial charge in [0, 0.05) is 18.6 Å². The summed E-state index contributed by atoms with van der Waals surface area (Å²) in [7, 11) is 0. The first kappa shape index (κ1) is 20.0. The zero-order chi connectivity index (χ0) is 18.9. The molecule has 0 aliphatic heterocycles. The number of aromatic hydroxyl groups is 3. The minimum Gasteiger partial charge on any atom is -0.508 e. The van der Waals surface area contributed by atoms with Crippen LogP contribution in [0.2, 0.25) is 0 Å². The average molecular weight is 376 g/mol. The maximum Gasteiger partial charge on any atom is 0.311 e. The van der Waals surface area contributed by atoms with Crippen molar-refractivity contribution in [3.63, 3.8) is 0 Å². The molecule has 6 heteroatoms. The topological polar surface area (TPSA) is 87.0 Å². The fraction of sp³-hybridized carbons (Fsp3) is 0.350. The molecule has 3 N–H and O–H groups in total. The number of phenols is 3. The van der Waals surface area contributed by atoms with Crippen molar-refractivity contribution in [3.8, 4) is 23.0 Å². The van der Waals surface area contributed by atoms with E-state index in [1.807, 2.05) is 0 Å². The second-order valence-electron chi connectivity index (χ2n) is 6.02. The van der Waals surface area contributed by atoms with Gasteiger partial charge in [0.2, 0.25) is 0 Å². The molecule has 2 rings (SSSR count). The second-order valence-corrected chi connectivity index (χ2v) is 7.11. The Bertz CT molecular complexity index is 745. The zero-order valence-corrected chi connectivity index (χ0v) is 15.6. The zero-order valence-electron chi connectivity index (χ0n) is 14.8. The quantitative estimate of drug-likeness (QED) is 0.316. The predicted octanol–water partition coefficient (Wildman–Crippen LogP) is 5.22. The number of hydrogen-bond acceptors (Lipinski definition) is 6. The largest absolute Gasteiger partial charge is 0.508 e. The Morgan fingerprint density at radius 2 is 1.58 bits per heavy atom. The molecule has 0 radical (unpaired) electrons. The van der Waals surface area contributed by atoms with E-state index >= 15 is 0 Å². The molecular formula is C20H24O5S. The smallest absolute Gasteiger partial charge is 0.311 e. The number of carbonyl (C=O) groups is 1. The Kier molecular flexibility index (Phi) is 7.66. The van der Waals surface area contributed by atoms with Crippen LogP contribution in [-0.4, -0.2) is 21.3 Å². The van der Waals surface area contributed by atoms with Crippen molar-refractivity contribution in [3.05, 3.63) is 36.4 Å². The highest BCUT2D eigenvalue weighted by molar-refractivity contribution is 7.99. The molecule has 2 aromatic carbocycles. The fourth-order valence-electron chi connectivity index (χ4n) is 2.42. The van der Waals surface area contributed by atoms with Crippen LogP contribution >= 0.6 is 11.8 Å². The van der Waals surface area contributed by atoms with Gasteiger partial charge in [-0.15, -0.1) is 0 Å². The van der Waals surface area contributed by atoms with Gasteiger partial charge in [-0.3, -0.25) is 4.79 Å². The summed E-state index contributed by atoms with van der Waals surface area (Å²) in [5.74, 6) is -0.205. The number of phenolic OH excluding ortho intramolecular Hbond substituents is 3. The lowest BCUT2D eigenvalue weighted by atomic mass is 10.1. The van der Waals surface area contributed by atoms with Crippen LogP contribution in [-0.2, 0) is 4.79 Å². The fourth-order valence-corrected chi connectivity index (χ4v) is 3.29. The Balaban J connectivity index is 2.03. The van der Waals surface area contributed by atoms with Gasteiger partial charge in [0.25, 0.3) is 0 Å². The normalized spacial score (nSPS) is 10.7. The number of hydrogen-bond donors (Lipinski definition) is 3. The van der Waals surface area contributed by atoms with Crippen LogP contribution in [0.4, 0.5) is 0 Å². The van der Waals surface area contributed by atoms with E-state index in [1.54, 1.807) is 12.1 Å². The van der Waals surface area contributed by atoms with Gasteiger partial charge < -0.3 is 20.1 Å². The van der Waals surface area contributed by atoms with Crippen LogP contribution in [0.25, 0.3) is 0 Å². The number of unbranched alkanes of at least 4 members (excludes halogenated alkanes) is 4. The average Bonchev–Trinajstić information content (AvgIpc) is 2.59. The molecule has 0 spiro atoms. The van der Waals surface area contributed by atoms with Gasteiger partial charge in [0.1, 0.15) is 23.0 Å². The summed E-state index contributed by atoms with van der Waals surface area (Å²) in [6.45, 7) is 2.14. The van der Waals surface area contributed by atoms with Crippen molar-refractivity contribution < 1.29 is 24.9 Å². The second kappa shape index (κ2) is 9.97. The first-order valence-corrected chi connectivity index (χ1v) is 9.54. The van der Waals surface area contributed by atoms with Crippen molar-refractivity contribution >= 4 is 17.7 Å². The SMILES string of the molecule is CCCCCCCC(=O)Oc1cc(O)ccc1Sc1ccc(O)cc1O. The number of ether oxygens (including phenoxy) is 1. The van der Waals surface area contributed by atoms with E-state index in [-0.39, 0.29) is 29.0 Å². The van der Waals surface area contributed by atoms with Crippen molar-refractivity contribution in [2.45, 2.75) is 55.2 Å². The molecule has 2 aromatic rings. The lowest BCUT2D eigenvalue weighted by Crippen LogP contribution is -2.08. The molecule has 0 bridgehead atoms. The third-order valence-electron chi connectivity index (χ3n) is 3.80. The van der Waals surface area contributed by atoms with Gasteiger partial charge in [-0.05, 0) is 30.7 Å². The summed E-state index contributed by atoms with van der Waals surface area (Å²) in [4.78, 5) is 13.2. The Hall–Kier alpha value is -2.34. The molecule has 26 heavy (non-hydrogen) atoms. The number of benzene rings is 2. The van der Waals surface area contributed by atoms with Crippen LogP contribution in [0.15, 0.2) is 46.2 Å². The van der Waals surface area contributed by atoms with Gasteiger partial charge in [0.05, 0.1) is 9.79 Å². The molecule has 0 aliphatic carbocycles. The van der Waals surface area contributed by atoms with Crippen LogP contribution in [0.1, 0.15) is 45.4 Å². The van der Waals surface area contributed by atoms with Crippen LogP contribution < -0.4 is 4.74 Å². The monoisotopic (exact) mass is 376 g/mol. The third-order valence-corrected chi connectivity index (χ3v) is 4.92. The Morgan fingerprint density at radius 1 is 0.923 bits per heavy atom. The molecule has 0 saturated carbocycles. The minimum absolute atomic E-state index is 0.00461. The summed E-state index contributed by atoms with van der Waals surface area (Å²) in [5.41, 5.74) is 0. The predicted molar refractivity (Wildman–Crippen MR) is 101 cm³/mol. The molecule has 140 valence electrons. The van der Waals surface area contributed by atoms with Crippen LogP contribution in [0, 0.1) is 0 Å². The van der Waals surface area contributed by atoms with Crippen molar-refractivity contribution in [2.75, 3.05) is 0 Å². The first-order valence-electron chi connectivity index (χ1n) is 8.73. The first-order chi connectivity index (χ1) is 12.5. The standard InChI is InChI=1S/C20H24O5S/c1-2-3-4-5-6-7-20(24)25-17-13-15(22)9-11-19(17)26-18-10-8-14(21)12-16(18)23/h8-13,21-23H,2-7H2,1H3. The van der Waals surface area contributed by atoms with Gasteiger partial charge in [-0.2, -0.15) is 0 Å². The summed E-state index contributed by atoms with van der Waals surface area (Å²) in [6, 6.07) is 8.77. The maximum atomic E-state index is 12.1. The van der Waals surface area contributed by atoms with Gasteiger partial charge in [-0.1, -0.05) is 44.4 Å². The molecule has 0 saturated heterocycles. The summed E-state index contributed by atoms with van der Waals surface area (Å²) >= 11 is 1.19. The van der Waals surface area contributed by atoms with E-state index in [2.05, 4.69) is 6.92 Å². The number of rotatable bonds is 9. The van der Waals surface area contributed by atoms with Crippen molar-refractivity contribution in [1.82, 2.24) is 0 Å². The van der Waals surface area contributed by atoms with Gasteiger partial charge >= 0.3 is 5.97 Å². The van der Waals surface area contributed by atoms with Gasteiger partial charge in [0.15, 0.2) is 0 Å². The molecule has 0 atom stereocenters. The lowest BCUT2D eigenvalue weighted by molar-refractivity contribution is -0.134. The van der Waals surface area contributed by atoms with Gasteiger partial charge in [-0.25, -0.2) is 0 Å². The number of esters is 1. The minimum atomic E-state index is -0.344. The molecule has 0 unspecified atom stereocenters. The van der Waals surface area contributed by atoms with Crippen molar-refractivity contribution in [2.24, 2.45) is 0 Å². The highest BCUT2D eigenvalue weighted by Gasteiger charge is 2.14. The van der Waals surface area contributed by atoms with E-state index in [9.17, 15) is 20.1 Å². The molecule has 5 nitrogen and oxygen atoms in total. The van der Waals surface area contributed by atoms with E-state index in [0.29, 0.717) is 16.2 Å². The summed E-state index contributed by atoms with van der Waals surface area (Å²) < 4.78 is 5.42. The summed E-state index contributed by atoms with van der Waals surface area (Å²) in [5, 5.41) is 29.0. The highest BCUT2D eigenvalue weighted by atomic mass is 32.2. The molecule has 0 amide bonds. The molecular weight excluding hydrogens is 352 g/mol. The van der Waals surface area contributed by atoms with E-state index < -0.39 is 0 Å². The Labute approximate surface area is 157 Å². The van der Waals surface area contributed by atoms with E-state index in [0.717, 1.165) is 25.7 Å². The molecule has 0 aromatic heterocycles. The van der Waals surface area contributed by atoms with Crippen LogP contribution in [0.5, 0.6) is 23.0 Å². The maximum absolute atomic E-state index is 12.1. The molecule has 0 aliphatic rings. The van der Waals surface area contributed by atoms with E-state index in [4.69, 9.17) is 4.74 Å².